The molecule has 0 radical (unpaired) electrons. The molecule has 0 N–H and O–H groups in total. The first-order valence-corrected chi connectivity index (χ1v) is 9.29. The van der Waals surface area contributed by atoms with E-state index in [2.05, 4.69) is 0 Å². The molecule has 0 bridgehead atoms. The lowest BCUT2D eigenvalue weighted by atomic mass is 10.1. The topological polar surface area (TPSA) is 91.1 Å². The Labute approximate surface area is 140 Å². The van der Waals surface area contributed by atoms with Crippen molar-refractivity contribution in [1.29, 1.82) is 0 Å². The molecule has 0 saturated heterocycles. The first-order chi connectivity index (χ1) is 11.5. The summed E-state index contributed by atoms with van der Waals surface area (Å²) in [6.07, 6.45) is 3.03. The molecule has 8 nitrogen and oxygen atoms in total. The van der Waals surface area contributed by atoms with E-state index in [1.165, 1.54) is 12.1 Å². The fraction of sp³-hybridized carbons (Fsp3) is 0.467. The second-order valence-corrected chi connectivity index (χ2v) is 6.92. The van der Waals surface area contributed by atoms with Gasteiger partial charge in [0.25, 0.3) is 5.69 Å². The van der Waals surface area contributed by atoms with Crippen LogP contribution in [0.2, 0.25) is 0 Å². The monoisotopic (exact) mass is 356 g/mol. The third-order valence-electron chi connectivity index (χ3n) is 3.17. The van der Waals surface area contributed by atoms with Gasteiger partial charge in [0.1, 0.15) is 0 Å². The standard InChI is InChI=1S/C15H21N2O6P/c1-3-9-22-24(20,23-10-4-2)17-15(8-11-21-17)13-6-5-7-14(12-13)16(18)19/h5-8,12H,3-4,9-11H2,1-2H3. The number of hydrogen-bond acceptors (Lipinski definition) is 6. The van der Waals surface area contributed by atoms with E-state index in [-0.39, 0.29) is 25.5 Å². The second-order valence-electron chi connectivity index (χ2n) is 5.10. The van der Waals surface area contributed by atoms with Gasteiger partial charge in [-0.25, -0.2) is 4.57 Å². The highest BCUT2D eigenvalue weighted by atomic mass is 31.2. The number of hydrogen-bond donors (Lipinski definition) is 0. The van der Waals surface area contributed by atoms with Crippen LogP contribution in [0.3, 0.4) is 0 Å². The molecule has 0 spiro atoms. The van der Waals surface area contributed by atoms with Crippen molar-refractivity contribution in [2.45, 2.75) is 26.7 Å². The lowest BCUT2D eigenvalue weighted by Crippen LogP contribution is -2.19. The zero-order valence-corrected chi connectivity index (χ0v) is 14.6. The average molecular weight is 356 g/mol. The van der Waals surface area contributed by atoms with Gasteiger partial charge in [-0.3, -0.25) is 24.0 Å². The summed E-state index contributed by atoms with van der Waals surface area (Å²) in [6.45, 7) is 4.48. The van der Waals surface area contributed by atoms with E-state index in [1.54, 1.807) is 18.2 Å². The molecule has 1 aromatic rings. The Morgan fingerprint density at radius 1 is 1.29 bits per heavy atom. The number of hydroxylamine groups is 1. The van der Waals surface area contributed by atoms with E-state index in [0.29, 0.717) is 24.1 Å². The highest BCUT2D eigenvalue weighted by molar-refractivity contribution is 7.51. The van der Waals surface area contributed by atoms with Crippen LogP contribution in [0.15, 0.2) is 30.3 Å². The van der Waals surface area contributed by atoms with Crippen molar-refractivity contribution in [1.82, 2.24) is 4.83 Å². The summed E-state index contributed by atoms with van der Waals surface area (Å²) in [5, 5.41) is 11.0. The van der Waals surface area contributed by atoms with E-state index in [4.69, 9.17) is 13.9 Å². The molecule has 132 valence electrons. The van der Waals surface area contributed by atoms with Crippen LogP contribution in [0.25, 0.3) is 5.70 Å². The van der Waals surface area contributed by atoms with Gasteiger partial charge in [0.15, 0.2) is 0 Å². The SMILES string of the molecule is CCCOP(=O)(OCCC)N1OCC=C1c1cccc([N+](=O)[O-])c1. The maximum Gasteiger partial charge on any atom is 0.458 e. The van der Waals surface area contributed by atoms with E-state index >= 15 is 0 Å². The summed E-state index contributed by atoms with van der Waals surface area (Å²) in [5.41, 5.74) is 0.899. The normalized spacial score (nSPS) is 14.8. The summed E-state index contributed by atoms with van der Waals surface area (Å²) >= 11 is 0. The molecule has 1 heterocycles. The highest BCUT2D eigenvalue weighted by Crippen LogP contribution is 2.57. The number of rotatable bonds is 9. The Morgan fingerprint density at radius 3 is 2.54 bits per heavy atom. The van der Waals surface area contributed by atoms with E-state index < -0.39 is 12.7 Å². The molecule has 0 amide bonds. The van der Waals surface area contributed by atoms with Crippen LogP contribution in [-0.2, 0) is 18.5 Å². The van der Waals surface area contributed by atoms with Crippen molar-refractivity contribution in [3.05, 3.63) is 46.0 Å². The minimum atomic E-state index is -3.69. The molecule has 9 heteroatoms. The van der Waals surface area contributed by atoms with Crippen molar-refractivity contribution < 1.29 is 23.4 Å². The maximum atomic E-state index is 13.1. The molecule has 1 aliphatic rings. The first kappa shape index (κ1) is 18.6. The van der Waals surface area contributed by atoms with Crippen molar-refractivity contribution in [2.24, 2.45) is 0 Å². The minimum absolute atomic E-state index is 0.0564. The van der Waals surface area contributed by atoms with Crippen LogP contribution in [0, 0.1) is 10.1 Å². The van der Waals surface area contributed by atoms with Gasteiger partial charge in [-0.05, 0) is 18.9 Å². The third-order valence-corrected chi connectivity index (χ3v) is 4.97. The van der Waals surface area contributed by atoms with Crippen molar-refractivity contribution in [2.75, 3.05) is 19.8 Å². The van der Waals surface area contributed by atoms with Crippen molar-refractivity contribution in [3.63, 3.8) is 0 Å². The number of nitro groups is 1. The Balaban J connectivity index is 2.31. The highest BCUT2D eigenvalue weighted by Gasteiger charge is 2.39. The van der Waals surface area contributed by atoms with Crippen molar-refractivity contribution >= 4 is 19.1 Å². The van der Waals surface area contributed by atoms with Crippen LogP contribution in [0.5, 0.6) is 0 Å². The molecular weight excluding hydrogens is 335 g/mol. The van der Waals surface area contributed by atoms with Gasteiger partial charge >= 0.3 is 7.75 Å². The molecule has 0 unspecified atom stereocenters. The molecule has 2 rings (SSSR count). The fourth-order valence-electron chi connectivity index (χ4n) is 2.10. The fourth-order valence-corrected chi connectivity index (χ4v) is 3.88. The van der Waals surface area contributed by atoms with E-state index in [1.807, 2.05) is 13.8 Å². The van der Waals surface area contributed by atoms with E-state index in [0.717, 1.165) is 4.83 Å². The van der Waals surface area contributed by atoms with Crippen molar-refractivity contribution in [3.8, 4) is 0 Å². The van der Waals surface area contributed by atoms with Gasteiger partial charge in [0, 0.05) is 17.7 Å². The smallest absolute Gasteiger partial charge is 0.291 e. The van der Waals surface area contributed by atoms with Crippen LogP contribution in [-0.4, -0.2) is 29.6 Å². The molecular formula is C15H21N2O6P. The minimum Gasteiger partial charge on any atom is -0.291 e. The van der Waals surface area contributed by atoms with Gasteiger partial charge in [-0.1, -0.05) is 26.0 Å². The predicted octanol–water partition coefficient (Wildman–Crippen LogP) is 4.14. The zero-order chi connectivity index (χ0) is 17.6. The quantitative estimate of drug-likeness (QED) is 0.373. The summed E-state index contributed by atoms with van der Waals surface area (Å²) in [6, 6.07) is 6.04. The van der Waals surface area contributed by atoms with E-state index in [9.17, 15) is 14.7 Å². The van der Waals surface area contributed by atoms with Crippen LogP contribution >= 0.6 is 7.75 Å². The van der Waals surface area contributed by atoms with Gasteiger partial charge in [-0.15, -0.1) is 0 Å². The summed E-state index contributed by atoms with van der Waals surface area (Å²) < 4.78 is 24.0. The zero-order valence-electron chi connectivity index (χ0n) is 13.7. The maximum absolute atomic E-state index is 13.1. The summed E-state index contributed by atoms with van der Waals surface area (Å²) in [4.78, 5) is 17.0. The number of nitro benzene ring substituents is 1. The number of benzene rings is 1. The number of nitrogens with zero attached hydrogens (tertiary/aromatic N) is 2. The average Bonchev–Trinajstić information content (AvgIpc) is 3.09. The van der Waals surface area contributed by atoms with Crippen LogP contribution in [0.1, 0.15) is 32.3 Å². The largest absolute Gasteiger partial charge is 0.458 e. The molecule has 24 heavy (non-hydrogen) atoms. The lowest BCUT2D eigenvalue weighted by molar-refractivity contribution is -0.384. The molecule has 0 fully saturated rings. The molecule has 0 atom stereocenters. The molecule has 0 aromatic heterocycles. The van der Waals surface area contributed by atoms with Crippen LogP contribution in [0.4, 0.5) is 5.69 Å². The first-order valence-electron chi connectivity index (χ1n) is 7.79. The third kappa shape index (κ3) is 4.21. The summed E-state index contributed by atoms with van der Waals surface area (Å²) in [5.74, 6) is 0. The Hall–Kier alpha value is -1.73. The molecule has 1 aliphatic heterocycles. The van der Waals surface area contributed by atoms with Gasteiger partial charge < -0.3 is 0 Å². The van der Waals surface area contributed by atoms with Gasteiger partial charge in [0.2, 0.25) is 0 Å². The Kier molecular flexibility index (Phi) is 6.51. The van der Waals surface area contributed by atoms with Crippen LogP contribution < -0.4 is 0 Å². The Bertz CT molecular complexity index is 651. The Morgan fingerprint density at radius 2 is 1.96 bits per heavy atom. The predicted molar refractivity (Wildman–Crippen MR) is 89.0 cm³/mol. The molecule has 0 aliphatic carbocycles. The second kappa shape index (κ2) is 8.39. The molecule has 1 aromatic carbocycles. The molecule has 0 saturated carbocycles. The van der Waals surface area contributed by atoms with Gasteiger partial charge in [0.05, 0.1) is 30.4 Å². The van der Waals surface area contributed by atoms with Gasteiger partial charge in [-0.2, -0.15) is 4.83 Å². The number of non-ortho nitro benzene ring substituents is 1. The lowest BCUT2D eigenvalue weighted by Gasteiger charge is -2.28. The summed E-state index contributed by atoms with van der Waals surface area (Å²) in [7, 11) is -3.69.